The van der Waals surface area contributed by atoms with Crippen molar-refractivity contribution in [1.82, 2.24) is 5.06 Å². The predicted octanol–water partition coefficient (Wildman–Crippen LogP) is -0.0624. The summed E-state index contributed by atoms with van der Waals surface area (Å²) in [6.07, 6.45) is 1.06. The molecule has 4 nitrogen and oxygen atoms in total. The van der Waals surface area contributed by atoms with Crippen molar-refractivity contribution in [2.45, 2.75) is 25.2 Å². The zero-order chi connectivity index (χ0) is 7.84. The van der Waals surface area contributed by atoms with Crippen LogP contribution in [0, 0.1) is 0 Å². The first-order chi connectivity index (χ1) is 5.31. The van der Waals surface area contributed by atoms with Gasteiger partial charge in [0.1, 0.15) is 12.3 Å². The van der Waals surface area contributed by atoms with Gasteiger partial charge in [0.25, 0.3) is 0 Å². The van der Waals surface area contributed by atoms with Crippen molar-refractivity contribution in [3.8, 4) is 0 Å². The summed E-state index contributed by atoms with van der Waals surface area (Å²) >= 11 is 0. The smallest absolute Gasteiger partial charge is 0.165 e. The Kier molecular flexibility index (Phi) is 1.67. The minimum atomic E-state index is -0.228. The molecule has 62 valence electrons. The lowest BCUT2D eigenvalue weighted by molar-refractivity contribution is -0.219. The molecule has 0 N–H and O–H groups in total. The van der Waals surface area contributed by atoms with Crippen molar-refractivity contribution in [2.75, 3.05) is 13.7 Å². The number of hydroxylamine groups is 2. The van der Waals surface area contributed by atoms with E-state index in [0.717, 1.165) is 0 Å². The molecule has 0 radical (unpaired) electrons. The molecule has 2 heterocycles. The summed E-state index contributed by atoms with van der Waals surface area (Å²) in [5.41, 5.74) is 0. The molecule has 4 heteroatoms. The molecule has 1 unspecified atom stereocenters. The van der Waals surface area contributed by atoms with Crippen LogP contribution in [0.2, 0.25) is 0 Å². The first-order valence-corrected chi connectivity index (χ1v) is 3.80. The number of Topliss-reactive ketones (excluding diaryl/α,β-unsaturated/α-hetero) is 1. The number of nitrogens with zero attached hydrogens (tertiary/aromatic N) is 1. The number of fused-ring (bicyclic) bond motifs is 2. The summed E-state index contributed by atoms with van der Waals surface area (Å²) in [6.45, 7) is 0.674. The van der Waals surface area contributed by atoms with Crippen LogP contribution in [0.15, 0.2) is 0 Å². The van der Waals surface area contributed by atoms with Crippen molar-refractivity contribution >= 4 is 5.78 Å². The minimum Gasteiger partial charge on any atom is -0.364 e. The standard InChI is InChI=1S/C7H11NO3/c1-10-7-4-6-5(9)2-3-8(7)11-6/h6-7H,2-4H2,1H3/t6-,7-/m1/s1. The maximum Gasteiger partial charge on any atom is 0.165 e. The molecule has 0 aromatic rings. The van der Waals surface area contributed by atoms with Crippen LogP contribution in [-0.2, 0) is 14.4 Å². The Hall–Kier alpha value is -0.450. The van der Waals surface area contributed by atoms with Crippen molar-refractivity contribution in [3.05, 3.63) is 0 Å². The van der Waals surface area contributed by atoms with E-state index in [1.807, 2.05) is 0 Å². The van der Waals surface area contributed by atoms with Gasteiger partial charge in [-0.2, -0.15) is 5.06 Å². The fourth-order valence-corrected chi connectivity index (χ4v) is 1.56. The van der Waals surface area contributed by atoms with Gasteiger partial charge in [-0.3, -0.25) is 9.63 Å². The summed E-state index contributed by atoms with van der Waals surface area (Å²) in [6, 6.07) is 0. The highest BCUT2D eigenvalue weighted by atomic mass is 16.7. The first kappa shape index (κ1) is 7.21. The second kappa shape index (κ2) is 2.55. The number of hydrogen-bond donors (Lipinski definition) is 0. The normalized spacial score (nSPS) is 43.0. The highest BCUT2D eigenvalue weighted by molar-refractivity contribution is 5.84. The van der Waals surface area contributed by atoms with Gasteiger partial charge in [0.2, 0.25) is 0 Å². The van der Waals surface area contributed by atoms with Crippen LogP contribution in [0.3, 0.4) is 0 Å². The summed E-state index contributed by atoms with van der Waals surface area (Å²) < 4.78 is 5.12. The lowest BCUT2D eigenvalue weighted by Crippen LogP contribution is -2.36. The van der Waals surface area contributed by atoms with Crippen LogP contribution in [0.25, 0.3) is 0 Å². The number of ether oxygens (including phenoxy) is 1. The van der Waals surface area contributed by atoms with E-state index in [2.05, 4.69) is 0 Å². The molecular formula is C7H11NO3. The molecule has 0 aromatic carbocycles. The zero-order valence-corrected chi connectivity index (χ0v) is 6.45. The summed E-state index contributed by atoms with van der Waals surface area (Å²) in [7, 11) is 1.64. The molecule has 0 saturated carbocycles. The largest absolute Gasteiger partial charge is 0.364 e. The third kappa shape index (κ3) is 1.07. The number of carbonyl (C=O) groups is 1. The van der Waals surface area contributed by atoms with Crippen LogP contribution >= 0.6 is 0 Å². The van der Waals surface area contributed by atoms with Crippen LogP contribution in [0.5, 0.6) is 0 Å². The maximum absolute atomic E-state index is 11.1. The van der Waals surface area contributed by atoms with Gasteiger partial charge < -0.3 is 4.74 Å². The van der Waals surface area contributed by atoms with Gasteiger partial charge in [0.15, 0.2) is 5.78 Å². The van der Waals surface area contributed by atoms with Crippen molar-refractivity contribution < 1.29 is 14.4 Å². The molecule has 2 rings (SSSR count). The summed E-state index contributed by atoms with van der Waals surface area (Å²) in [4.78, 5) is 16.4. The molecule has 0 aliphatic carbocycles. The highest BCUT2D eigenvalue weighted by Crippen LogP contribution is 2.27. The predicted molar refractivity (Wildman–Crippen MR) is 36.6 cm³/mol. The van der Waals surface area contributed by atoms with E-state index >= 15 is 0 Å². The second-order valence-corrected chi connectivity index (χ2v) is 2.88. The lowest BCUT2D eigenvalue weighted by Gasteiger charge is -2.23. The molecule has 2 aliphatic rings. The van der Waals surface area contributed by atoms with Gasteiger partial charge in [-0.1, -0.05) is 0 Å². The fraction of sp³-hybridized carbons (Fsp3) is 0.857. The SMILES string of the molecule is CO[C@@H]1C[C@H]2ON1CCC2=O. The minimum absolute atomic E-state index is 0.00792. The van der Waals surface area contributed by atoms with Gasteiger partial charge in [-0.05, 0) is 0 Å². The Morgan fingerprint density at radius 3 is 3.18 bits per heavy atom. The quantitative estimate of drug-likeness (QED) is 0.534. The monoisotopic (exact) mass is 157 g/mol. The molecule has 2 fully saturated rings. The molecule has 2 aliphatic heterocycles. The average Bonchev–Trinajstić information content (AvgIpc) is 2.37. The molecule has 2 bridgehead atoms. The molecular weight excluding hydrogens is 146 g/mol. The molecule has 0 amide bonds. The van der Waals surface area contributed by atoms with Crippen molar-refractivity contribution in [2.24, 2.45) is 0 Å². The molecule has 2 saturated heterocycles. The fourth-order valence-electron chi connectivity index (χ4n) is 1.56. The number of hydrogen-bond acceptors (Lipinski definition) is 4. The zero-order valence-electron chi connectivity index (χ0n) is 6.45. The van der Waals surface area contributed by atoms with Crippen LogP contribution in [0.4, 0.5) is 0 Å². The molecule has 11 heavy (non-hydrogen) atoms. The van der Waals surface area contributed by atoms with Crippen LogP contribution in [0.1, 0.15) is 12.8 Å². The molecule has 3 atom stereocenters. The van der Waals surface area contributed by atoms with E-state index in [9.17, 15) is 4.79 Å². The van der Waals surface area contributed by atoms with Crippen LogP contribution < -0.4 is 0 Å². The third-order valence-electron chi connectivity index (χ3n) is 2.21. The van der Waals surface area contributed by atoms with Gasteiger partial charge in [0, 0.05) is 26.5 Å². The Balaban J connectivity index is 2.09. The lowest BCUT2D eigenvalue weighted by atomic mass is 10.1. The van der Waals surface area contributed by atoms with E-state index in [1.54, 1.807) is 12.2 Å². The first-order valence-electron chi connectivity index (χ1n) is 3.80. The van der Waals surface area contributed by atoms with Crippen LogP contribution in [-0.4, -0.2) is 36.8 Å². The van der Waals surface area contributed by atoms with Crippen molar-refractivity contribution in [3.63, 3.8) is 0 Å². The molecule has 0 spiro atoms. The van der Waals surface area contributed by atoms with Crippen molar-refractivity contribution in [1.29, 1.82) is 0 Å². The number of carbonyl (C=O) groups excluding carboxylic acids is 1. The second-order valence-electron chi connectivity index (χ2n) is 2.88. The van der Waals surface area contributed by atoms with E-state index in [4.69, 9.17) is 9.57 Å². The summed E-state index contributed by atoms with van der Waals surface area (Å²) in [5, 5.41) is 1.76. The number of methoxy groups -OCH3 is 1. The molecule has 0 aromatic heterocycles. The topological polar surface area (TPSA) is 38.8 Å². The number of rotatable bonds is 1. The Morgan fingerprint density at radius 2 is 2.55 bits per heavy atom. The Morgan fingerprint density at radius 1 is 1.73 bits per heavy atom. The number of ketones is 1. The van der Waals surface area contributed by atoms with Gasteiger partial charge in [-0.25, -0.2) is 0 Å². The third-order valence-corrected chi connectivity index (χ3v) is 2.21. The van der Waals surface area contributed by atoms with E-state index in [-0.39, 0.29) is 18.1 Å². The van der Waals surface area contributed by atoms with Gasteiger partial charge in [0.05, 0.1) is 0 Å². The van der Waals surface area contributed by atoms with Gasteiger partial charge in [-0.15, -0.1) is 0 Å². The van der Waals surface area contributed by atoms with E-state index in [0.29, 0.717) is 19.4 Å². The van der Waals surface area contributed by atoms with E-state index in [1.165, 1.54) is 0 Å². The Labute approximate surface area is 65.0 Å². The van der Waals surface area contributed by atoms with Gasteiger partial charge >= 0.3 is 0 Å². The van der Waals surface area contributed by atoms with E-state index < -0.39 is 0 Å². The maximum atomic E-state index is 11.1. The highest BCUT2D eigenvalue weighted by Gasteiger charge is 2.41. The average molecular weight is 157 g/mol. The Bertz CT molecular complexity index is 183. The summed E-state index contributed by atoms with van der Waals surface area (Å²) in [5.74, 6) is 0.209.